The summed E-state index contributed by atoms with van der Waals surface area (Å²) in [7, 11) is -8.23. The van der Waals surface area contributed by atoms with E-state index in [-0.39, 0.29) is 16.1 Å². The van der Waals surface area contributed by atoms with Gasteiger partial charge in [0.15, 0.2) is 25.0 Å². The van der Waals surface area contributed by atoms with Crippen LogP contribution in [0.3, 0.4) is 0 Å². The van der Waals surface area contributed by atoms with Crippen LogP contribution in [-0.2, 0) is 19.7 Å². The summed E-state index contributed by atoms with van der Waals surface area (Å²) in [4.78, 5) is 12.3. The van der Waals surface area contributed by atoms with Gasteiger partial charge in [-0.25, -0.2) is 21.6 Å². The van der Waals surface area contributed by atoms with E-state index in [1.54, 1.807) is 32.9 Å². The van der Waals surface area contributed by atoms with Gasteiger partial charge >= 0.3 is 6.09 Å². The van der Waals surface area contributed by atoms with Crippen LogP contribution in [0.2, 0.25) is 0 Å². The van der Waals surface area contributed by atoms with E-state index >= 15 is 0 Å². The SMILES string of the molecule is CC(C)(C)C(N(C(=O)O)c1ccc(C#N)cc1S(C)(=O)=O)S(=O)(=O)c1ccccc1. The van der Waals surface area contributed by atoms with Gasteiger partial charge in [-0.3, -0.25) is 4.90 Å². The second-order valence-electron chi connectivity index (χ2n) is 7.80. The molecule has 0 spiro atoms. The lowest BCUT2D eigenvalue weighted by molar-refractivity contribution is 0.195. The van der Waals surface area contributed by atoms with Crippen molar-refractivity contribution in [1.82, 2.24) is 0 Å². The molecule has 0 radical (unpaired) electrons. The van der Waals surface area contributed by atoms with E-state index in [4.69, 9.17) is 5.26 Å². The molecule has 1 unspecified atom stereocenters. The number of rotatable bonds is 5. The van der Waals surface area contributed by atoms with E-state index in [9.17, 15) is 26.7 Å². The molecule has 0 aliphatic heterocycles. The zero-order chi connectivity index (χ0) is 22.9. The molecule has 0 aromatic heterocycles. The molecule has 0 saturated carbocycles. The fourth-order valence-electron chi connectivity index (χ4n) is 3.14. The summed E-state index contributed by atoms with van der Waals surface area (Å²) < 4.78 is 51.7. The molecule has 0 fully saturated rings. The number of amides is 1. The highest BCUT2D eigenvalue weighted by molar-refractivity contribution is 7.92. The summed E-state index contributed by atoms with van der Waals surface area (Å²) in [5.41, 5.74) is -1.46. The van der Waals surface area contributed by atoms with E-state index in [2.05, 4.69) is 0 Å². The minimum absolute atomic E-state index is 0.00254. The Balaban J connectivity index is 2.89. The first-order valence-electron chi connectivity index (χ1n) is 8.76. The van der Waals surface area contributed by atoms with Crippen LogP contribution in [0.4, 0.5) is 10.5 Å². The molecule has 10 heteroatoms. The predicted molar refractivity (Wildman–Crippen MR) is 112 cm³/mol. The van der Waals surface area contributed by atoms with Crippen molar-refractivity contribution in [2.75, 3.05) is 11.2 Å². The quantitative estimate of drug-likeness (QED) is 0.739. The molecule has 8 nitrogen and oxygen atoms in total. The molecule has 2 aromatic carbocycles. The highest BCUT2D eigenvalue weighted by Gasteiger charge is 2.46. The average molecular weight is 451 g/mol. The van der Waals surface area contributed by atoms with Crippen LogP contribution in [0.25, 0.3) is 0 Å². The predicted octanol–water partition coefficient (Wildman–Crippen LogP) is 3.29. The Kier molecular flexibility index (Phi) is 6.30. The van der Waals surface area contributed by atoms with Crippen molar-refractivity contribution in [2.24, 2.45) is 5.41 Å². The molecule has 160 valence electrons. The Bertz CT molecular complexity index is 1210. The maximum atomic E-state index is 13.5. The molecular formula is C20H22N2O6S2. The molecule has 2 aromatic rings. The van der Waals surface area contributed by atoms with E-state index in [0.717, 1.165) is 18.4 Å². The van der Waals surface area contributed by atoms with Crippen molar-refractivity contribution in [1.29, 1.82) is 5.26 Å². The van der Waals surface area contributed by atoms with Crippen molar-refractivity contribution in [3.63, 3.8) is 0 Å². The zero-order valence-electron chi connectivity index (χ0n) is 16.9. The average Bonchev–Trinajstić information content (AvgIpc) is 2.64. The number of carbonyl (C=O) groups is 1. The smallest absolute Gasteiger partial charge is 0.413 e. The number of sulfone groups is 2. The van der Waals surface area contributed by atoms with Gasteiger partial charge in [0.05, 0.1) is 27.1 Å². The highest BCUT2D eigenvalue weighted by Crippen LogP contribution is 2.38. The van der Waals surface area contributed by atoms with Crippen molar-refractivity contribution >= 4 is 31.5 Å². The molecule has 0 heterocycles. The molecular weight excluding hydrogens is 428 g/mol. The lowest BCUT2D eigenvalue weighted by Gasteiger charge is -2.38. The lowest BCUT2D eigenvalue weighted by Crippen LogP contribution is -2.52. The molecule has 0 aliphatic rings. The van der Waals surface area contributed by atoms with Gasteiger partial charge in [-0.05, 0) is 35.7 Å². The van der Waals surface area contributed by atoms with Crippen LogP contribution in [0.5, 0.6) is 0 Å². The van der Waals surface area contributed by atoms with Crippen molar-refractivity contribution in [3.8, 4) is 6.07 Å². The fourth-order valence-corrected chi connectivity index (χ4v) is 6.23. The standard InChI is InChI=1S/C20H22N2O6S2/c1-20(2,3)18(30(27,28)15-8-6-5-7-9-15)22(19(23)24)16-11-10-14(13-21)12-17(16)29(4,25)26/h5-12,18H,1-4H3,(H,23,24). The summed E-state index contributed by atoms with van der Waals surface area (Å²) in [6.07, 6.45) is -0.769. The normalized spacial score (nSPS) is 13.3. The fraction of sp³-hybridized carbons (Fsp3) is 0.300. The number of hydrogen-bond acceptors (Lipinski definition) is 6. The van der Waals surface area contributed by atoms with Gasteiger partial charge in [-0.1, -0.05) is 39.0 Å². The second-order valence-corrected chi connectivity index (χ2v) is 11.8. The maximum absolute atomic E-state index is 13.5. The van der Waals surface area contributed by atoms with Gasteiger partial charge in [-0.15, -0.1) is 0 Å². The number of carboxylic acid groups (broad SMARTS) is 1. The maximum Gasteiger partial charge on any atom is 0.413 e. The van der Waals surface area contributed by atoms with Gasteiger partial charge in [-0.2, -0.15) is 5.26 Å². The van der Waals surface area contributed by atoms with Gasteiger partial charge in [0, 0.05) is 6.26 Å². The third-order valence-electron chi connectivity index (χ3n) is 4.30. The number of nitrogens with zero attached hydrogens (tertiary/aromatic N) is 2. The topological polar surface area (TPSA) is 133 Å². The summed E-state index contributed by atoms with van der Waals surface area (Å²) in [6, 6.07) is 12.6. The van der Waals surface area contributed by atoms with Crippen molar-refractivity contribution in [2.45, 2.75) is 35.9 Å². The first-order valence-corrected chi connectivity index (χ1v) is 12.2. The summed E-state index contributed by atoms with van der Waals surface area (Å²) in [5.74, 6) is 0. The highest BCUT2D eigenvalue weighted by atomic mass is 32.2. The first-order chi connectivity index (χ1) is 13.7. The second kappa shape index (κ2) is 8.08. The summed E-state index contributed by atoms with van der Waals surface area (Å²) >= 11 is 0. The molecule has 1 N–H and O–H groups in total. The number of benzene rings is 2. The van der Waals surface area contributed by atoms with Gasteiger partial charge in [0.25, 0.3) is 0 Å². The van der Waals surface area contributed by atoms with E-state index < -0.39 is 41.5 Å². The van der Waals surface area contributed by atoms with E-state index in [1.807, 2.05) is 0 Å². The third-order valence-corrected chi connectivity index (χ3v) is 7.86. The molecule has 2 rings (SSSR count). The Morgan fingerprint density at radius 3 is 2.07 bits per heavy atom. The number of hydrogen-bond donors (Lipinski definition) is 1. The van der Waals surface area contributed by atoms with E-state index in [0.29, 0.717) is 4.90 Å². The Morgan fingerprint density at radius 2 is 1.63 bits per heavy atom. The lowest BCUT2D eigenvalue weighted by atomic mass is 9.95. The third kappa shape index (κ3) is 4.63. The van der Waals surface area contributed by atoms with Crippen molar-refractivity contribution < 1.29 is 26.7 Å². The van der Waals surface area contributed by atoms with Crippen LogP contribution < -0.4 is 4.90 Å². The number of nitriles is 1. The van der Waals surface area contributed by atoms with Crippen LogP contribution in [0.15, 0.2) is 58.3 Å². The Morgan fingerprint density at radius 1 is 1.07 bits per heavy atom. The molecule has 1 atom stereocenters. The minimum Gasteiger partial charge on any atom is -0.465 e. The van der Waals surface area contributed by atoms with Crippen molar-refractivity contribution in [3.05, 3.63) is 54.1 Å². The molecule has 30 heavy (non-hydrogen) atoms. The molecule has 0 bridgehead atoms. The Labute approximate surface area is 176 Å². The minimum atomic E-state index is -4.24. The monoisotopic (exact) mass is 450 g/mol. The van der Waals surface area contributed by atoms with Crippen LogP contribution in [-0.4, -0.2) is 39.7 Å². The summed E-state index contributed by atoms with van der Waals surface area (Å²) in [6.45, 7) is 4.66. The zero-order valence-corrected chi connectivity index (χ0v) is 18.5. The van der Waals surface area contributed by atoms with Crippen LogP contribution in [0, 0.1) is 16.7 Å². The van der Waals surface area contributed by atoms with Gasteiger partial charge in [0.1, 0.15) is 0 Å². The molecule has 0 saturated heterocycles. The van der Waals surface area contributed by atoms with Gasteiger partial charge < -0.3 is 5.11 Å². The van der Waals surface area contributed by atoms with Crippen LogP contribution in [0.1, 0.15) is 26.3 Å². The Hall–Kier alpha value is -2.90. The molecule has 0 aliphatic carbocycles. The first kappa shape index (κ1) is 23.4. The van der Waals surface area contributed by atoms with Crippen LogP contribution >= 0.6 is 0 Å². The van der Waals surface area contributed by atoms with Gasteiger partial charge in [0.2, 0.25) is 0 Å². The summed E-state index contributed by atoms with van der Waals surface area (Å²) in [5, 5.41) is 17.5. The number of anilines is 1. The van der Waals surface area contributed by atoms with E-state index in [1.165, 1.54) is 30.3 Å². The largest absolute Gasteiger partial charge is 0.465 e. The molecule has 1 amide bonds.